The molecule has 0 unspecified atom stereocenters. The van der Waals surface area contributed by atoms with E-state index in [-0.39, 0.29) is 11.2 Å². The van der Waals surface area contributed by atoms with Crippen molar-refractivity contribution >= 4 is 11.1 Å². The number of oxazole rings is 1. The molecule has 0 aliphatic heterocycles. The van der Waals surface area contributed by atoms with Gasteiger partial charge in [0.05, 0.1) is 11.2 Å². The molecular formula is C18H24N4O2. The topological polar surface area (TPSA) is 67.1 Å². The lowest BCUT2D eigenvalue weighted by Crippen LogP contribution is -2.26. The van der Waals surface area contributed by atoms with Gasteiger partial charge in [0.25, 0.3) is 0 Å². The maximum Gasteiger partial charge on any atom is 0.419 e. The van der Waals surface area contributed by atoms with Gasteiger partial charge in [0, 0.05) is 30.7 Å². The Kier molecular flexibility index (Phi) is 4.32. The molecule has 0 bridgehead atoms. The summed E-state index contributed by atoms with van der Waals surface area (Å²) in [6.07, 6.45) is 0. The number of hydrogen-bond donors (Lipinski definition) is 1. The van der Waals surface area contributed by atoms with Crippen molar-refractivity contribution in [3.63, 3.8) is 0 Å². The van der Waals surface area contributed by atoms with Crippen LogP contribution in [-0.2, 0) is 18.5 Å². The number of nitrogens with one attached hydrogen (secondary N) is 1. The van der Waals surface area contributed by atoms with Crippen molar-refractivity contribution in [2.45, 2.75) is 39.3 Å². The Morgan fingerprint density at radius 1 is 1.29 bits per heavy atom. The number of rotatable bonds is 5. The lowest BCUT2D eigenvalue weighted by atomic mass is 9.92. The van der Waals surface area contributed by atoms with Gasteiger partial charge in [0.2, 0.25) is 0 Å². The predicted molar refractivity (Wildman–Crippen MR) is 94.1 cm³/mol. The van der Waals surface area contributed by atoms with Crippen molar-refractivity contribution in [1.82, 2.24) is 19.7 Å². The highest BCUT2D eigenvalue weighted by atomic mass is 16.4. The molecule has 0 atom stereocenters. The minimum absolute atomic E-state index is 0.0380. The SMILES string of the molecule is CN(CCn1c(=O)oc2ccccc21)Cc1cc(C(C)(C)C)n[nH]1. The fourth-order valence-electron chi connectivity index (χ4n) is 2.69. The van der Waals surface area contributed by atoms with Crippen LogP contribution in [0.4, 0.5) is 0 Å². The molecule has 0 amide bonds. The highest BCUT2D eigenvalue weighted by Crippen LogP contribution is 2.20. The van der Waals surface area contributed by atoms with Gasteiger partial charge >= 0.3 is 5.76 Å². The summed E-state index contributed by atoms with van der Waals surface area (Å²) in [5, 5.41) is 7.48. The maximum atomic E-state index is 12.0. The highest BCUT2D eigenvalue weighted by Gasteiger charge is 2.17. The number of para-hydroxylation sites is 2. The fourth-order valence-corrected chi connectivity index (χ4v) is 2.69. The van der Waals surface area contributed by atoms with Gasteiger partial charge in [0.15, 0.2) is 5.58 Å². The minimum atomic E-state index is -0.304. The molecular weight excluding hydrogens is 304 g/mol. The van der Waals surface area contributed by atoms with Gasteiger partial charge in [-0.25, -0.2) is 4.79 Å². The number of nitrogens with zero attached hydrogens (tertiary/aromatic N) is 3. The van der Waals surface area contributed by atoms with E-state index < -0.39 is 0 Å². The third-order valence-electron chi connectivity index (χ3n) is 4.12. The second kappa shape index (κ2) is 6.28. The monoisotopic (exact) mass is 328 g/mol. The van der Waals surface area contributed by atoms with E-state index in [0.717, 1.165) is 30.0 Å². The second-order valence-electron chi connectivity index (χ2n) is 7.25. The van der Waals surface area contributed by atoms with Crippen LogP contribution in [0.25, 0.3) is 11.1 Å². The summed E-state index contributed by atoms with van der Waals surface area (Å²) in [6.45, 7) is 8.53. The number of fused-ring (bicyclic) bond motifs is 1. The lowest BCUT2D eigenvalue weighted by molar-refractivity contribution is 0.304. The minimum Gasteiger partial charge on any atom is -0.408 e. The number of aromatic nitrogens is 3. The number of hydrogen-bond acceptors (Lipinski definition) is 4. The van der Waals surface area contributed by atoms with E-state index >= 15 is 0 Å². The Morgan fingerprint density at radius 2 is 2.04 bits per heavy atom. The summed E-state index contributed by atoms with van der Waals surface area (Å²) in [6, 6.07) is 9.61. The third-order valence-corrected chi connectivity index (χ3v) is 4.12. The molecule has 3 aromatic rings. The molecule has 2 heterocycles. The first kappa shape index (κ1) is 16.5. The van der Waals surface area contributed by atoms with Crippen molar-refractivity contribution in [2.24, 2.45) is 0 Å². The normalized spacial score (nSPS) is 12.4. The molecule has 1 N–H and O–H groups in total. The van der Waals surface area contributed by atoms with Crippen LogP contribution in [0.3, 0.4) is 0 Å². The average molecular weight is 328 g/mol. The van der Waals surface area contributed by atoms with E-state index in [1.165, 1.54) is 0 Å². The first-order chi connectivity index (χ1) is 11.3. The molecule has 0 saturated carbocycles. The summed E-state index contributed by atoms with van der Waals surface area (Å²) in [4.78, 5) is 14.1. The number of aromatic amines is 1. The van der Waals surface area contributed by atoms with Gasteiger partial charge in [-0.15, -0.1) is 0 Å². The number of likely N-dealkylation sites (N-methyl/N-ethyl adjacent to an activating group) is 1. The van der Waals surface area contributed by atoms with E-state index in [9.17, 15) is 4.79 Å². The quantitative estimate of drug-likeness (QED) is 0.782. The van der Waals surface area contributed by atoms with Crippen LogP contribution in [0, 0.1) is 0 Å². The molecule has 1 aromatic carbocycles. The molecule has 3 rings (SSSR count). The smallest absolute Gasteiger partial charge is 0.408 e. The summed E-state index contributed by atoms with van der Waals surface area (Å²) < 4.78 is 6.94. The zero-order valence-corrected chi connectivity index (χ0v) is 14.7. The summed E-state index contributed by atoms with van der Waals surface area (Å²) in [5.74, 6) is -0.304. The maximum absolute atomic E-state index is 12.0. The molecule has 6 nitrogen and oxygen atoms in total. The van der Waals surface area contributed by atoms with E-state index in [2.05, 4.69) is 41.9 Å². The van der Waals surface area contributed by atoms with Crippen molar-refractivity contribution in [2.75, 3.05) is 13.6 Å². The Hall–Kier alpha value is -2.34. The van der Waals surface area contributed by atoms with Gasteiger partial charge in [-0.3, -0.25) is 14.6 Å². The van der Waals surface area contributed by atoms with Crippen molar-refractivity contribution in [3.05, 3.63) is 52.3 Å². The Labute approximate surface area is 141 Å². The summed E-state index contributed by atoms with van der Waals surface area (Å²) >= 11 is 0. The van der Waals surface area contributed by atoms with E-state index in [1.54, 1.807) is 4.57 Å². The molecule has 128 valence electrons. The van der Waals surface area contributed by atoms with Gasteiger partial charge in [-0.2, -0.15) is 5.10 Å². The van der Waals surface area contributed by atoms with Crippen LogP contribution in [0.15, 0.2) is 39.5 Å². The van der Waals surface area contributed by atoms with Gasteiger partial charge in [-0.05, 0) is 25.2 Å². The summed E-state index contributed by atoms with van der Waals surface area (Å²) in [7, 11) is 2.03. The molecule has 24 heavy (non-hydrogen) atoms. The molecule has 0 fully saturated rings. The predicted octanol–water partition coefficient (Wildman–Crippen LogP) is 2.75. The molecule has 0 radical (unpaired) electrons. The van der Waals surface area contributed by atoms with Crippen LogP contribution in [0.5, 0.6) is 0 Å². The summed E-state index contributed by atoms with van der Waals surface area (Å²) in [5.41, 5.74) is 3.65. The van der Waals surface area contributed by atoms with Crippen molar-refractivity contribution < 1.29 is 4.42 Å². The molecule has 0 aliphatic carbocycles. The van der Waals surface area contributed by atoms with Gasteiger partial charge < -0.3 is 4.42 Å². The fraction of sp³-hybridized carbons (Fsp3) is 0.444. The second-order valence-corrected chi connectivity index (χ2v) is 7.25. The molecule has 0 spiro atoms. The number of benzene rings is 1. The zero-order chi connectivity index (χ0) is 17.3. The Bertz CT molecular complexity index is 882. The van der Waals surface area contributed by atoms with Crippen LogP contribution in [0.1, 0.15) is 32.2 Å². The van der Waals surface area contributed by atoms with Gasteiger partial charge in [-0.1, -0.05) is 32.9 Å². The molecule has 6 heteroatoms. The van der Waals surface area contributed by atoms with Crippen LogP contribution >= 0.6 is 0 Å². The molecule has 0 aliphatic rings. The first-order valence-electron chi connectivity index (χ1n) is 8.16. The van der Waals surface area contributed by atoms with E-state index in [4.69, 9.17) is 4.42 Å². The zero-order valence-electron chi connectivity index (χ0n) is 14.7. The Balaban J connectivity index is 1.65. The Morgan fingerprint density at radius 3 is 2.75 bits per heavy atom. The van der Waals surface area contributed by atoms with Crippen LogP contribution in [0.2, 0.25) is 0 Å². The van der Waals surface area contributed by atoms with Crippen molar-refractivity contribution in [1.29, 1.82) is 0 Å². The van der Waals surface area contributed by atoms with E-state index in [0.29, 0.717) is 12.1 Å². The lowest BCUT2D eigenvalue weighted by Gasteiger charge is -2.16. The van der Waals surface area contributed by atoms with Crippen LogP contribution < -0.4 is 5.76 Å². The molecule has 2 aromatic heterocycles. The molecule has 0 saturated heterocycles. The van der Waals surface area contributed by atoms with Crippen molar-refractivity contribution in [3.8, 4) is 0 Å². The highest BCUT2D eigenvalue weighted by molar-refractivity contribution is 5.72. The average Bonchev–Trinajstić information content (AvgIpc) is 3.09. The third kappa shape index (κ3) is 3.43. The van der Waals surface area contributed by atoms with E-state index in [1.807, 2.05) is 31.3 Å². The standard InChI is InChI=1S/C18H24N4O2/c1-18(2,3)16-11-13(19-20-16)12-21(4)9-10-22-14-7-5-6-8-15(14)24-17(22)23/h5-8,11H,9-10,12H2,1-4H3,(H,19,20). The van der Waals surface area contributed by atoms with Gasteiger partial charge in [0.1, 0.15) is 0 Å². The van der Waals surface area contributed by atoms with Crippen LogP contribution in [-0.4, -0.2) is 33.3 Å². The number of H-pyrrole nitrogens is 1. The largest absolute Gasteiger partial charge is 0.419 e. The first-order valence-corrected chi connectivity index (χ1v) is 8.16.